The predicted octanol–water partition coefficient (Wildman–Crippen LogP) is 2.29. The zero-order valence-corrected chi connectivity index (χ0v) is 22.8. The van der Waals surface area contributed by atoms with Gasteiger partial charge >= 0.3 is 0 Å². The molecule has 1 N–H and O–H groups in total. The van der Waals surface area contributed by atoms with E-state index in [2.05, 4.69) is 15.4 Å². The number of nitrogens with zero attached hydrogens (tertiary/aromatic N) is 4. The van der Waals surface area contributed by atoms with Crippen molar-refractivity contribution in [1.29, 1.82) is 0 Å². The van der Waals surface area contributed by atoms with Crippen LogP contribution in [0.5, 0.6) is 0 Å². The number of hydrogen-bond acceptors (Lipinski definition) is 9. The molecule has 0 spiro atoms. The van der Waals surface area contributed by atoms with E-state index in [0.717, 1.165) is 35.6 Å². The summed E-state index contributed by atoms with van der Waals surface area (Å²) in [6.45, 7) is 1.88. The van der Waals surface area contributed by atoms with Gasteiger partial charge in [-0.1, -0.05) is 6.07 Å². The topological polar surface area (TPSA) is 133 Å². The minimum Gasteiger partial charge on any atom is -0.350 e. The first kappa shape index (κ1) is 27.7. The number of hydroxylamine groups is 1. The molecule has 4 rings (SSSR count). The largest absolute Gasteiger partial charge is 0.350 e. The Morgan fingerprint density at radius 3 is 2.58 bits per heavy atom. The molecule has 2 aromatic heterocycles. The summed E-state index contributed by atoms with van der Waals surface area (Å²) in [5, 5.41) is 1.20. The molecule has 1 saturated heterocycles. The van der Waals surface area contributed by atoms with Gasteiger partial charge in [-0.05, 0) is 55.3 Å². The number of carbonyl (C=O) groups excluding carboxylic acids is 1. The van der Waals surface area contributed by atoms with E-state index in [-0.39, 0.29) is 18.5 Å². The summed E-state index contributed by atoms with van der Waals surface area (Å²) in [5.41, 5.74) is 3.67. The van der Waals surface area contributed by atoms with Gasteiger partial charge in [0.15, 0.2) is 20.9 Å². The maximum absolute atomic E-state index is 13.2. The van der Waals surface area contributed by atoms with Crippen molar-refractivity contribution in [2.75, 3.05) is 31.9 Å². The van der Waals surface area contributed by atoms with E-state index in [1.807, 2.05) is 31.1 Å². The van der Waals surface area contributed by atoms with Gasteiger partial charge in [0.1, 0.15) is 0 Å². The highest BCUT2D eigenvalue weighted by molar-refractivity contribution is 7.92. The smallest absolute Gasteiger partial charge is 0.264 e. The Morgan fingerprint density at radius 2 is 1.95 bits per heavy atom. The van der Waals surface area contributed by atoms with E-state index in [1.165, 1.54) is 11.5 Å². The van der Waals surface area contributed by atoms with Gasteiger partial charge in [0.05, 0.1) is 0 Å². The Balaban J connectivity index is 1.52. The minimum atomic E-state index is -3.85. The second-order valence-electron chi connectivity index (χ2n) is 9.88. The van der Waals surface area contributed by atoms with Crippen LogP contribution in [-0.2, 0) is 30.8 Å². The molecule has 1 unspecified atom stereocenters. The molecule has 1 amide bonds. The van der Waals surface area contributed by atoms with Crippen LogP contribution in [0.2, 0.25) is 0 Å². The highest BCUT2D eigenvalue weighted by atomic mass is 32.2. The molecule has 2 atom stereocenters. The summed E-state index contributed by atoms with van der Waals surface area (Å²) in [5.74, 6) is -0.198. The Bertz CT molecular complexity index is 1470. The molecule has 38 heavy (non-hydrogen) atoms. The highest BCUT2D eigenvalue weighted by Gasteiger charge is 2.44. The van der Waals surface area contributed by atoms with Crippen molar-refractivity contribution in [1.82, 2.24) is 20.0 Å². The Hall–Kier alpha value is -3.35. The lowest BCUT2D eigenvalue weighted by Gasteiger charge is -2.28. The molecule has 1 aliphatic heterocycles. The summed E-state index contributed by atoms with van der Waals surface area (Å²) in [7, 11) is -0.125. The Kier molecular flexibility index (Phi) is 8.14. The van der Waals surface area contributed by atoms with Crippen LogP contribution in [0.15, 0.2) is 47.7 Å². The third kappa shape index (κ3) is 5.87. The van der Waals surface area contributed by atoms with Crippen molar-refractivity contribution in [3.05, 3.63) is 53.2 Å². The second-order valence-corrected chi connectivity index (χ2v) is 12.3. The number of carbonyl (C=O) groups is 1. The summed E-state index contributed by atoms with van der Waals surface area (Å²) in [6, 6.07) is 7.22. The van der Waals surface area contributed by atoms with Gasteiger partial charge in [-0.2, -0.15) is 0 Å². The van der Waals surface area contributed by atoms with Gasteiger partial charge in [0, 0.05) is 69.5 Å². The summed E-state index contributed by atoms with van der Waals surface area (Å²) in [6.07, 6.45) is 7.75. The fourth-order valence-electron chi connectivity index (χ4n) is 4.18. The molecule has 0 radical (unpaired) electrons. The Labute approximate surface area is 221 Å². The molecular formula is C26H33N5O6S. The van der Waals surface area contributed by atoms with E-state index in [9.17, 15) is 18.0 Å². The van der Waals surface area contributed by atoms with Crippen molar-refractivity contribution in [2.45, 2.75) is 50.2 Å². The number of aromatic nitrogens is 3. The quantitative estimate of drug-likeness (QED) is 0.404. The predicted molar refractivity (Wildman–Crippen MR) is 144 cm³/mol. The number of amides is 1. The van der Waals surface area contributed by atoms with Crippen LogP contribution in [0.3, 0.4) is 0 Å². The van der Waals surface area contributed by atoms with E-state index >= 15 is 0 Å². The highest BCUT2D eigenvalue weighted by Crippen LogP contribution is 2.25. The number of aryl methyl sites for hydroxylation is 1. The SMILES string of the molecule is CN(C)c1ncc(-c2ccc3c(=O)n(CC[C@](C)(C(=O)NOC4CCCCO4)S(C)(=O)=O)ccc3c2)cn1. The molecule has 1 fully saturated rings. The maximum Gasteiger partial charge on any atom is 0.264 e. The maximum atomic E-state index is 13.2. The molecule has 3 aromatic rings. The average molecular weight is 544 g/mol. The van der Waals surface area contributed by atoms with Gasteiger partial charge in [0.25, 0.3) is 11.5 Å². The van der Waals surface area contributed by atoms with Crippen LogP contribution >= 0.6 is 0 Å². The third-order valence-electron chi connectivity index (χ3n) is 6.90. The molecule has 11 nitrogen and oxygen atoms in total. The first-order valence-corrected chi connectivity index (χ1v) is 14.3. The molecule has 3 heterocycles. The number of fused-ring (bicyclic) bond motifs is 1. The number of pyridine rings is 1. The Morgan fingerprint density at radius 1 is 1.21 bits per heavy atom. The lowest BCUT2D eigenvalue weighted by atomic mass is 10.0. The zero-order valence-electron chi connectivity index (χ0n) is 22.0. The average Bonchev–Trinajstić information content (AvgIpc) is 2.91. The number of rotatable bonds is 9. The standard InChI is InChI=1S/C26H33N5O6S/c1-26(38(4,34)35,24(33)29-37-22-7-5-6-14-36-22)11-13-31-12-10-19-15-18(8-9-21(19)23(31)32)20-16-27-25(28-17-20)30(2)3/h8-10,12,15-17,22H,5-7,11,13-14H2,1-4H3,(H,29,33)/t22?,26-/m1/s1. The second kappa shape index (κ2) is 11.2. The van der Waals surface area contributed by atoms with Crippen LogP contribution in [0, 0.1) is 0 Å². The van der Waals surface area contributed by atoms with Crippen LogP contribution in [0.25, 0.3) is 21.9 Å². The minimum absolute atomic E-state index is 0.0211. The summed E-state index contributed by atoms with van der Waals surface area (Å²) in [4.78, 5) is 41.9. The van der Waals surface area contributed by atoms with Gasteiger partial charge in [-0.15, -0.1) is 0 Å². The van der Waals surface area contributed by atoms with Crippen molar-refractivity contribution >= 4 is 32.5 Å². The monoisotopic (exact) mass is 543 g/mol. The van der Waals surface area contributed by atoms with Gasteiger partial charge in [-0.25, -0.2) is 28.7 Å². The fraction of sp³-hybridized carbons (Fsp3) is 0.462. The van der Waals surface area contributed by atoms with Gasteiger partial charge in [0.2, 0.25) is 5.95 Å². The lowest BCUT2D eigenvalue weighted by Crippen LogP contribution is -2.51. The van der Waals surface area contributed by atoms with Crippen LogP contribution < -0.4 is 15.9 Å². The molecular weight excluding hydrogens is 510 g/mol. The summed E-state index contributed by atoms with van der Waals surface area (Å²) >= 11 is 0. The van der Waals surface area contributed by atoms with E-state index < -0.39 is 26.8 Å². The first-order chi connectivity index (χ1) is 18.0. The normalized spacial score (nSPS) is 17.6. The van der Waals surface area contributed by atoms with E-state index in [1.54, 1.807) is 30.7 Å². The fourth-order valence-corrected chi connectivity index (χ4v) is 5.02. The number of hydrogen-bond donors (Lipinski definition) is 1. The number of benzene rings is 1. The molecule has 1 aromatic carbocycles. The zero-order chi connectivity index (χ0) is 27.5. The lowest BCUT2D eigenvalue weighted by molar-refractivity contribution is -0.201. The van der Waals surface area contributed by atoms with E-state index in [4.69, 9.17) is 9.57 Å². The third-order valence-corrected chi connectivity index (χ3v) is 8.92. The van der Waals surface area contributed by atoms with Crippen molar-refractivity contribution < 1.29 is 22.8 Å². The van der Waals surface area contributed by atoms with Gasteiger partial charge in [-0.3, -0.25) is 9.59 Å². The molecule has 12 heteroatoms. The number of ether oxygens (including phenoxy) is 1. The van der Waals surface area contributed by atoms with Crippen LogP contribution in [0.1, 0.15) is 32.6 Å². The first-order valence-electron chi connectivity index (χ1n) is 12.4. The van der Waals surface area contributed by atoms with Crippen molar-refractivity contribution in [3.8, 4) is 11.1 Å². The van der Waals surface area contributed by atoms with Gasteiger partial charge < -0.3 is 14.2 Å². The van der Waals surface area contributed by atoms with Crippen molar-refractivity contribution in [3.63, 3.8) is 0 Å². The number of sulfone groups is 1. The number of nitrogens with one attached hydrogen (secondary N) is 1. The van der Waals surface area contributed by atoms with Crippen LogP contribution in [-0.4, -0.2) is 66.9 Å². The molecule has 0 bridgehead atoms. The molecule has 1 aliphatic rings. The number of anilines is 1. The van der Waals surface area contributed by atoms with Crippen LogP contribution in [0.4, 0.5) is 5.95 Å². The van der Waals surface area contributed by atoms with E-state index in [0.29, 0.717) is 24.4 Å². The molecule has 204 valence electrons. The summed E-state index contributed by atoms with van der Waals surface area (Å²) < 4.78 is 30.3. The molecule has 0 aliphatic carbocycles. The molecule has 0 saturated carbocycles. The van der Waals surface area contributed by atoms with Crippen molar-refractivity contribution in [2.24, 2.45) is 0 Å².